The van der Waals surface area contributed by atoms with Crippen LogP contribution in [0.3, 0.4) is 0 Å². The van der Waals surface area contributed by atoms with Gasteiger partial charge in [-0.3, -0.25) is 9.52 Å². The van der Waals surface area contributed by atoms with Crippen LogP contribution in [0.25, 0.3) is 0 Å². The highest BCUT2D eigenvalue weighted by Gasteiger charge is 2.26. The highest BCUT2D eigenvalue weighted by atomic mass is 32.2. The monoisotopic (exact) mass is 502 g/mol. The normalized spacial score (nSPS) is 14.9. The molecule has 0 radical (unpaired) electrons. The molecular weight excluding hydrogens is 471 g/mol. The Kier molecular flexibility index (Phi) is 7.15. The average Bonchev–Trinajstić information content (AvgIpc) is 2.86. The fraction of sp³-hybridized carbons (Fsp3) is 0.292. The number of aromatic nitrogens is 2. The fourth-order valence-electron chi connectivity index (χ4n) is 3.89. The zero-order valence-electron chi connectivity index (χ0n) is 19.5. The Labute approximate surface area is 207 Å². The molecule has 0 aliphatic carbocycles. The molecule has 3 aromatic rings. The number of sulfonamides is 1. The van der Waals surface area contributed by atoms with Crippen molar-refractivity contribution >= 4 is 33.1 Å². The summed E-state index contributed by atoms with van der Waals surface area (Å²) < 4.78 is 41.2. The van der Waals surface area contributed by atoms with Crippen molar-refractivity contribution < 1.29 is 20.5 Å². The number of halogens is 1. The summed E-state index contributed by atoms with van der Waals surface area (Å²) in [7, 11) is -3.76. The number of hydrogen-bond acceptors (Lipinski definition) is 7. The Hall–Kier alpha value is -3.73. The van der Waals surface area contributed by atoms with Crippen molar-refractivity contribution in [3.05, 3.63) is 72.4 Å². The van der Waals surface area contributed by atoms with Gasteiger partial charge in [-0.1, -0.05) is 6.07 Å². The molecule has 188 valence electrons. The van der Waals surface area contributed by atoms with Gasteiger partial charge in [-0.25, -0.2) is 22.8 Å². The molecule has 1 saturated heterocycles. The maximum Gasteiger partial charge on any atom is 0.263 e. The molecule has 1 aliphatic heterocycles. The molecule has 35 heavy (non-hydrogen) atoms. The molecule has 1 fully saturated rings. The van der Waals surface area contributed by atoms with Crippen molar-refractivity contribution in [3.63, 3.8) is 0 Å². The third-order valence-electron chi connectivity index (χ3n) is 5.87. The first kappa shape index (κ1) is 24.4. The van der Waals surface area contributed by atoms with Crippen LogP contribution in [0.4, 0.5) is 21.6 Å². The number of aryl methyl sites for hydroxylation is 1. The van der Waals surface area contributed by atoms with Gasteiger partial charge in [0.1, 0.15) is 24.0 Å². The van der Waals surface area contributed by atoms with Gasteiger partial charge >= 0.3 is 0 Å². The third-order valence-corrected chi connectivity index (χ3v) is 7.24. The summed E-state index contributed by atoms with van der Waals surface area (Å²) in [5.41, 5.74) is 2.35. The topological polar surface area (TPSA) is 108 Å². The number of carbonyl (C=O) groups is 1. The Morgan fingerprint density at radius 1 is 1.09 bits per heavy atom. The lowest BCUT2D eigenvalue weighted by Gasteiger charge is -2.37. The average molecular weight is 503 g/mol. The van der Waals surface area contributed by atoms with Gasteiger partial charge in [0.25, 0.3) is 10.0 Å². The number of amides is 1. The van der Waals surface area contributed by atoms with Crippen LogP contribution < -0.4 is 14.9 Å². The van der Waals surface area contributed by atoms with E-state index >= 15 is 0 Å². The van der Waals surface area contributed by atoms with Gasteiger partial charge in [0.15, 0.2) is 0 Å². The molecule has 1 atom stereocenters. The van der Waals surface area contributed by atoms with E-state index in [9.17, 15) is 17.6 Å². The van der Waals surface area contributed by atoms with Crippen LogP contribution in [0.15, 0.2) is 66.0 Å². The van der Waals surface area contributed by atoms with E-state index in [-0.39, 0.29) is 25.3 Å². The summed E-state index contributed by atoms with van der Waals surface area (Å²) in [5.74, 6) is -0.207. The lowest BCUT2D eigenvalue weighted by Crippen LogP contribution is -2.52. The Morgan fingerprint density at radius 2 is 1.80 bits per heavy atom. The van der Waals surface area contributed by atoms with E-state index in [2.05, 4.69) is 24.9 Å². The number of nitrogens with zero attached hydrogens (tertiary/aromatic N) is 4. The molecule has 0 bridgehead atoms. The second kappa shape index (κ2) is 10.3. The van der Waals surface area contributed by atoms with Gasteiger partial charge in [-0.15, -0.1) is 0 Å². The van der Waals surface area contributed by atoms with Crippen LogP contribution in [0.5, 0.6) is 0 Å². The number of nitrogens with one attached hydrogen (secondary N) is 2. The van der Waals surface area contributed by atoms with E-state index in [4.69, 9.17) is 0 Å². The van der Waals surface area contributed by atoms with Crippen molar-refractivity contribution in [2.24, 2.45) is 0 Å². The first-order valence-electron chi connectivity index (χ1n) is 11.2. The summed E-state index contributed by atoms with van der Waals surface area (Å²) >= 11 is 0. The minimum Gasteiger partial charge on any atom is -0.374 e. The van der Waals surface area contributed by atoms with Crippen LogP contribution in [0, 0.1) is 12.7 Å². The molecule has 1 aromatic heterocycles. The molecule has 4 rings (SSSR count). The number of anilines is 3. The van der Waals surface area contributed by atoms with Crippen LogP contribution in [0.2, 0.25) is 0 Å². The first-order valence-corrected chi connectivity index (χ1v) is 12.7. The smallest absolute Gasteiger partial charge is 0.263 e. The summed E-state index contributed by atoms with van der Waals surface area (Å²) in [4.78, 5) is 24.6. The summed E-state index contributed by atoms with van der Waals surface area (Å²) in [5, 5.41) is 3.11. The molecule has 1 unspecified atom stereocenters. The lowest BCUT2D eigenvalue weighted by atomic mass is 10.1. The van der Waals surface area contributed by atoms with Crippen LogP contribution in [-0.4, -0.2) is 61.4 Å². The molecule has 2 aromatic carbocycles. The number of carbonyl (C=O) groups excluding carboxylic acids is 1. The van der Waals surface area contributed by atoms with E-state index in [1.54, 1.807) is 42.2 Å². The molecule has 0 saturated carbocycles. The lowest BCUT2D eigenvalue weighted by molar-refractivity contribution is -0.131. The number of benzene rings is 2. The zero-order chi connectivity index (χ0) is 25.0. The van der Waals surface area contributed by atoms with E-state index in [0.717, 1.165) is 11.3 Å². The highest BCUT2D eigenvalue weighted by molar-refractivity contribution is 7.92. The second-order valence-corrected chi connectivity index (χ2v) is 10.0. The molecule has 0 spiro atoms. The first-order chi connectivity index (χ1) is 16.7. The van der Waals surface area contributed by atoms with Crippen molar-refractivity contribution in [2.75, 3.05) is 41.1 Å². The zero-order valence-corrected chi connectivity index (χ0v) is 20.3. The van der Waals surface area contributed by atoms with E-state index < -0.39 is 16.1 Å². The number of rotatable bonds is 7. The van der Waals surface area contributed by atoms with E-state index in [1.807, 2.05) is 6.92 Å². The van der Waals surface area contributed by atoms with Gasteiger partial charge in [0.2, 0.25) is 5.91 Å². The van der Waals surface area contributed by atoms with Gasteiger partial charge in [-0.2, -0.15) is 0 Å². The molecule has 9 nitrogen and oxygen atoms in total. The third kappa shape index (κ3) is 5.86. The minimum atomic E-state index is -3.76. The van der Waals surface area contributed by atoms with E-state index in [1.165, 1.54) is 30.7 Å². The van der Waals surface area contributed by atoms with Gasteiger partial charge in [0, 0.05) is 46.6 Å². The van der Waals surface area contributed by atoms with Crippen molar-refractivity contribution in [1.29, 1.82) is 0 Å². The molecule has 11 heteroatoms. The van der Waals surface area contributed by atoms with E-state index in [0.29, 0.717) is 31.9 Å². The molecule has 2 N–H and O–H groups in total. The van der Waals surface area contributed by atoms with Crippen molar-refractivity contribution in [2.45, 2.75) is 24.8 Å². The number of hydrogen-bond donors (Lipinski definition) is 2. The van der Waals surface area contributed by atoms with Gasteiger partial charge in [-0.05, 0) is 61.9 Å². The number of piperazine rings is 1. The predicted octanol–water partition coefficient (Wildman–Crippen LogP) is 3.37. The fourth-order valence-corrected chi connectivity index (χ4v) is 4.90. The molecule has 1 aliphatic rings. The Bertz CT molecular complexity index is 1290. The summed E-state index contributed by atoms with van der Waals surface area (Å²) in [6.07, 6.45) is 2.72. The molecular formula is C24H31FN6O3S. The van der Waals surface area contributed by atoms with Crippen LogP contribution >= 0.6 is 0 Å². The SMILES string of the molecule is Cc1ccc(F)cc1NC(C)C(=O)N1CCN(c2ccc(S(=O)(=O)Nc3ccncn3)cc2)CC1.[HH].[HH]. The van der Waals surface area contributed by atoms with Gasteiger partial charge in [0.05, 0.1) is 4.90 Å². The highest BCUT2D eigenvalue weighted by Crippen LogP contribution is 2.22. The van der Waals surface area contributed by atoms with Crippen LogP contribution in [0.1, 0.15) is 15.3 Å². The standard InChI is InChI=1S/C24H27FN6O3S.2H2/c1-17-3-4-19(25)15-22(17)28-18(2)24(32)31-13-11-30(12-14-31)20-5-7-21(8-6-20)35(33,34)29-23-9-10-26-16-27-23;;/h3-10,15-16,18,28H,11-14H2,1-2H3,(H,26,27,29);2*1H. The Balaban J connectivity index is 0.00000241. The van der Waals surface area contributed by atoms with Crippen molar-refractivity contribution in [1.82, 2.24) is 14.9 Å². The predicted molar refractivity (Wildman–Crippen MR) is 137 cm³/mol. The largest absolute Gasteiger partial charge is 0.374 e. The molecule has 2 heterocycles. The minimum absolute atomic E-state index is 0. The molecule has 1 amide bonds. The van der Waals surface area contributed by atoms with Crippen LogP contribution in [-0.2, 0) is 14.8 Å². The van der Waals surface area contributed by atoms with Crippen molar-refractivity contribution in [3.8, 4) is 0 Å². The second-order valence-electron chi connectivity index (χ2n) is 8.33. The summed E-state index contributed by atoms with van der Waals surface area (Å²) in [6, 6.07) is 12.0. The maximum atomic E-state index is 13.6. The quantitative estimate of drug-likeness (QED) is 0.510. The van der Waals surface area contributed by atoms with Gasteiger partial charge < -0.3 is 15.1 Å². The summed E-state index contributed by atoms with van der Waals surface area (Å²) in [6.45, 7) is 5.92. The maximum absolute atomic E-state index is 13.6. The Morgan fingerprint density at radius 3 is 2.46 bits per heavy atom.